The number of aromatic nitrogens is 4. The highest BCUT2D eigenvalue weighted by molar-refractivity contribution is 6.14. The van der Waals surface area contributed by atoms with Crippen molar-refractivity contribution in [2.24, 2.45) is 0 Å². The minimum atomic E-state index is 0.337. The zero-order valence-electron chi connectivity index (χ0n) is 50.6. The van der Waals surface area contributed by atoms with Gasteiger partial charge in [0.1, 0.15) is 0 Å². The van der Waals surface area contributed by atoms with Gasteiger partial charge in [-0.1, -0.05) is 133 Å². The monoisotopic (exact) mass is 1220 g/mol. The fraction of sp³-hybridized carbons (Fsp3) is 0. The van der Waals surface area contributed by atoms with Gasteiger partial charge in [-0.15, -0.1) is 0 Å². The van der Waals surface area contributed by atoms with Crippen molar-refractivity contribution in [3.63, 3.8) is 0 Å². The molecule has 0 radical (unpaired) electrons. The minimum absolute atomic E-state index is 0.337. The van der Waals surface area contributed by atoms with E-state index in [0.717, 1.165) is 111 Å². The summed E-state index contributed by atoms with van der Waals surface area (Å²) in [6, 6.07) is 91.0. The Kier molecular flexibility index (Phi) is 14.3. The van der Waals surface area contributed by atoms with Gasteiger partial charge in [0, 0.05) is 60.5 Å². The average molecular weight is 1220 g/mol. The number of para-hydroxylation sites is 1. The van der Waals surface area contributed by atoms with Crippen LogP contribution in [0.15, 0.2) is 255 Å². The van der Waals surface area contributed by atoms with E-state index in [0.29, 0.717) is 78.8 Å². The first-order valence-electron chi connectivity index (χ1n) is 30.3. The van der Waals surface area contributed by atoms with Gasteiger partial charge < -0.3 is 9.13 Å². The van der Waals surface area contributed by atoms with E-state index in [1.54, 1.807) is 72.8 Å². The molecule has 12 nitrogen and oxygen atoms in total. The Bertz CT molecular complexity index is 5740. The first-order chi connectivity index (χ1) is 47.1. The molecule has 0 unspecified atom stereocenters. The SMILES string of the molecule is [C-]#[N+]c1cc(C#N)cc(-c2ccc3c(c2)c2cc(-c4cc(C#N)cc(C#N)c4)ccc2n3-c2ccccc2-c2ccc(-c3cc(-c4ccccc4)nc(-c4ccccc4)n3)cc2-n2c3ccc(-c4cc(C#N)cc([N+]#[C-])c4)cc3c3cc(-c4cc([N+]#[C-])cc([N+]#[C-])c4)ccc32)c1. The molecule has 15 rings (SSSR count). The lowest BCUT2D eigenvalue weighted by atomic mass is 9.97. The summed E-state index contributed by atoms with van der Waals surface area (Å²) in [5.41, 5.74) is 19.5. The maximum absolute atomic E-state index is 10.2. The smallest absolute Gasteiger partial charge is 0.189 e. The molecule has 96 heavy (non-hydrogen) atoms. The molecule has 0 aliphatic heterocycles. The van der Waals surface area contributed by atoms with Crippen LogP contribution in [0.5, 0.6) is 0 Å². The molecule has 438 valence electrons. The van der Waals surface area contributed by atoms with Crippen LogP contribution in [-0.4, -0.2) is 19.1 Å². The molecule has 0 spiro atoms. The molecule has 0 saturated heterocycles. The predicted octanol–water partition coefficient (Wildman–Crippen LogP) is 21.7. The van der Waals surface area contributed by atoms with Crippen LogP contribution in [0.3, 0.4) is 0 Å². The second-order valence-electron chi connectivity index (χ2n) is 23.0. The van der Waals surface area contributed by atoms with Crippen LogP contribution in [0.4, 0.5) is 22.7 Å². The van der Waals surface area contributed by atoms with Crippen LogP contribution in [-0.2, 0) is 0 Å². The van der Waals surface area contributed by atoms with Gasteiger partial charge in [0.25, 0.3) is 0 Å². The summed E-state index contributed by atoms with van der Waals surface area (Å²) < 4.78 is 4.52. The maximum Gasteiger partial charge on any atom is 0.189 e. The van der Waals surface area contributed by atoms with Crippen molar-refractivity contribution in [2.75, 3.05) is 0 Å². The van der Waals surface area contributed by atoms with E-state index in [-0.39, 0.29) is 0 Å². The van der Waals surface area contributed by atoms with Crippen molar-refractivity contribution in [1.82, 2.24) is 19.1 Å². The molecule has 0 aliphatic rings. The number of nitrogens with zero attached hydrogens (tertiary/aromatic N) is 12. The van der Waals surface area contributed by atoms with Gasteiger partial charge in [-0.3, -0.25) is 0 Å². The Hall–Kier alpha value is -14.8. The van der Waals surface area contributed by atoms with E-state index >= 15 is 0 Å². The lowest BCUT2D eigenvalue weighted by Crippen LogP contribution is -2.02. The van der Waals surface area contributed by atoms with Gasteiger partial charge in [0.15, 0.2) is 28.6 Å². The summed E-state index contributed by atoms with van der Waals surface area (Å²) in [6.45, 7) is 31.8. The number of fused-ring (bicyclic) bond motifs is 6. The average Bonchev–Trinajstić information content (AvgIpc) is 1.56. The topological polar surface area (TPSA) is 148 Å². The van der Waals surface area contributed by atoms with Crippen molar-refractivity contribution < 1.29 is 0 Å². The summed E-state index contributed by atoms with van der Waals surface area (Å²) in [4.78, 5) is 25.4. The van der Waals surface area contributed by atoms with Crippen LogP contribution >= 0.6 is 0 Å². The Balaban J connectivity index is 1.03. The molecule has 0 aliphatic carbocycles. The van der Waals surface area contributed by atoms with Crippen LogP contribution in [0.25, 0.3) is 164 Å². The van der Waals surface area contributed by atoms with Crippen molar-refractivity contribution in [3.8, 4) is 125 Å². The van der Waals surface area contributed by atoms with E-state index < -0.39 is 0 Å². The van der Waals surface area contributed by atoms with Crippen molar-refractivity contribution in [3.05, 3.63) is 323 Å². The fourth-order valence-corrected chi connectivity index (χ4v) is 13.0. The third kappa shape index (κ3) is 10.3. The lowest BCUT2D eigenvalue weighted by molar-refractivity contribution is 1.15. The summed E-state index contributed by atoms with van der Waals surface area (Å²) in [5, 5.41) is 43.9. The van der Waals surface area contributed by atoms with Crippen molar-refractivity contribution in [2.45, 2.75) is 0 Å². The van der Waals surface area contributed by atoms with Crippen LogP contribution < -0.4 is 0 Å². The molecule has 3 heterocycles. The zero-order chi connectivity index (χ0) is 65.6. The maximum atomic E-state index is 10.2. The summed E-state index contributed by atoms with van der Waals surface area (Å²) >= 11 is 0. The number of nitriles is 4. The van der Waals surface area contributed by atoms with Gasteiger partial charge >= 0.3 is 0 Å². The minimum Gasteiger partial charge on any atom is -0.309 e. The second-order valence-corrected chi connectivity index (χ2v) is 23.0. The van der Waals surface area contributed by atoms with Crippen molar-refractivity contribution >= 4 is 66.4 Å². The zero-order valence-corrected chi connectivity index (χ0v) is 50.6. The summed E-state index contributed by atoms with van der Waals surface area (Å²) in [5.74, 6) is 0.552. The molecule has 0 N–H and O–H groups in total. The molecule has 3 aromatic heterocycles. The third-order valence-corrected chi connectivity index (χ3v) is 17.4. The molecule has 0 saturated carbocycles. The summed E-state index contributed by atoms with van der Waals surface area (Å²) in [7, 11) is 0. The standard InChI is InChI=1S/C84H42N12/c1-89-66-34-53(49-87)32-63(36-66)58-21-26-80-73(41-58)72-40-57(62-30-51(47-85)29-52(31-62)48-86)20-25-79(72)95(80)78-18-12-11-17-70(78)71-24-19-61(77-46-76(55-13-7-5-8-14-55)93-84(94-77)56-15-9-6-10-16-56)44-83(71)96-81-27-22-59(64-33-54(50-88)35-67(37-64)90-2)42-74(81)75-43-60(23-28-82(75)96)65-38-68(91-3)45-69(39-65)92-4/h5-46H. The molecular weight excluding hydrogens is 1180 g/mol. The highest BCUT2D eigenvalue weighted by Gasteiger charge is 2.24. The van der Waals surface area contributed by atoms with E-state index in [9.17, 15) is 21.0 Å². The van der Waals surface area contributed by atoms with Gasteiger partial charge in [-0.25, -0.2) is 29.3 Å². The fourth-order valence-electron chi connectivity index (χ4n) is 13.0. The molecule has 12 heteroatoms. The quantitative estimate of drug-likeness (QED) is 0.125. The number of hydrogen-bond donors (Lipinski definition) is 0. The Morgan fingerprint density at radius 2 is 0.625 bits per heavy atom. The lowest BCUT2D eigenvalue weighted by Gasteiger charge is -2.20. The molecular formula is C84H42N12. The largest absolute Gasteiger partial charge is 0.309 e. The Morgan fingerprint density at radius 1 is 0.271 bits per heavy atom. The molecule has 0 atom stereocenters. The van der Waals surface area contributed by atoms with E-state index in [2.05, 4.69) is 132 Å². The molecule has 12 aromatic carbocycles. The number of rotatable bonds is 10. The normalized spacial score (nSPS) is 10.8. The van der Waals surface area contributed by atoms with Crippen LogP contribution in [0.1, 0.15) is 22.3 Å². The van der Waals surface area contributed by atoms with Gasteiger partial charge in [-0.05, 0) is 166 Å². The highest BCUT2D eigenvalue weighted by atomic mass is 15.0. The highest BCUT2D eigenvalue weighted by Crippen LogP contribution is 2.46. The molecule has 0 amide bonds. The van der Waals surface area contributed by atoms with Gasteiger partial charge in [-0.2, -0.15) is 21.0 Å². The van der Waals surface area contributed by atoms with E-state index in [4.69, 9.17) is 36.3 Å². The number of benzene rings is 12. The van der Waals surface area contributed by atoms with Crippen LogP contribution in [0.2, 0.25) is 0 Å². The van der Waals surface area contributed by atoms with Gasteiger partial charge in [0.2, 0.25) is 0 Å². The van der Waals surface area contributed by atoms with Gasteiger partial charge in [0.05, 0.1) is 107 Å². The van der Waals surface area contributed by atoms with E-state index in [1.165, 1.54) is 0 Å². The Morgan fingerprint density at radius 3 is 1.07 bits per heavy atom. The third-order valence-electron chi connectivity index (χ3n) is 17.4. The predicted molar refractivity (Wildman–Crippen MR) is 378 cm³/mol. The second kappa shape index (κ2) is 23.9. The number of hydrogen-bond acceptors (Lipinski definition) is 6. The Labute approximate surface area is 551 Å². The van der Waals surface area contributed by atoms with Crippen molar-refractivity contribution in [1.29, 1.82) is 21.0 Å². The molecule has 15 aromatic rings. The molecule has 0 fully saturated rings. The first kappa shape index (κ1) is 57.7. The first-order valence-corrected chi connectivity index (χ1v) is 30.3. The summed E-state index contributed by atoms with van der Waals surface area (Å²) in [6.07, 6.45) is 0. The van der Waals surface area contributed by atoms with E-state index in [1.807, 2.05) is 103 Å². The van der Waals surface area contributed by atoms with Crippen LogP contribution in [0, 0.1) is 71.6 Å². The molecule has 0 bridgehead atoms.